The molecular weight excluding hydrogens is 556 g/mol. The van der Waals surface area contributed by atoms with Crippen LogP contribution in [0.5, 0.6) is 23.0 Å². The Bertz CT molecular complexity index is 1610. The van der Waals surface area contributed by atoms with Crippen LogP contribution >= 0.6 is 11.3 Å². The summed E-state index contributed by atoms with van der Waals surface area (Å²) in [6, 6.07) is 16.5. The molecule has 0 atom stereocenters. The second-order valence-corrected chi connectivity index (χ2v) is 11.2. The van der Waals surface area contributed by atoms with Crippen molar-refractivity contribution in [1.82, 2.24) is 10.2 Å². The number of rotatable bonds is 11. The molecule has 0 saturated heterocycles. The van der Waals surface area contributed by atoms with Crippen molar-refractivity contribution < 1.29 is 32.2 Å². The van der Waals surface area contributed by atoms with Gasteiger partial charge < -0.3 is 18.9 Å². The van der Waals surface area contributed by atoms with E-state index in [1.165, 1.54) is 64.0 Å². The summed E-state index contributed by atoms with van der Waals surface area (Å²) in [5.41, 5.74) is 2.05. The van der Waals surface area contributed by atoms with Crippen molar-refractivity contribution in [3.8, 4) is 33.6 Å². The third-order valence-corrected chi connectivity index (χ3v) is 8.50. The summed E-state index contributed by atoms with van der Waals surface area (Å²) in [5.74, 6) is 0.514. The summed E-state index contributed by atoms with van der Waals surface area (Å²) in [5, 5.41) is 11.7. The van der Waals surface area contributed by atoms with Gasteiger partial charge in [0.15, 0.2) is 11.5 Å². The molecule has 4 rings (SSSR count). The van der Waals surface area contributed by atoms with E-state index in [1.807, 2.05) is 31.2 Å². The summed E-state index contributed by atoms with van der Waals surface area (Å²) in [6.07, 6.45) is 0. The van der Waals surface area contributed by atoms with Crippen molar-refractivity contribution in [3.63, 3.8) is 0 Å². The number of ether oxygens (including phenoxy) is 4. The van der Waals surface area contributed by atoms with Gasteiger partial charge in [-0.15, -0.1) is 10.2 Å². The van der Waals surface area contributed by atoms with E-state index in [2.05, 4.69) is 15.5 Å². The molecule has 4 aromatic rings. The minimum absolute atomic E-state index is 0.101. The van der Waals surface area contributed by atoms with Crippen molar-refractivity contribution in [3.05, 3.63) is 66.2 Å². The molecule has 1 amide bonds. The van der Waals surface area contributed by atoms with Crippen LogP contribution in [0.2, 0.25) is 0 Å². The number of anilines is 2. The van der Waals surface area contributed by atoms with Crippen LogP contribution in [-0.2, 0) is 14.8 Å². The molecule has 40 heavy (non-hydrogen) atoms. The third-order valence-electron chi connectivity index (χ3n) is 5.85. The van der Waals surface area contributed by atoms with Gasteiger partial charge in [0, 0.05) is 17.7 Å². The molecule has 0 radical (unpaired) electrons. The van der Waals surface area contributed by atoms with E-state index in [4.69, 9.17) is 18.9 Å². The monoisotopic (exact) mass is 584 g/mol. The topological polar surface area (TPSA) is 129 Å². The van der Waals surface area contributed by atoms with Crippen LogP contribution in [0.1, 0.15) is 5.56 Å². The molecule has 0 aliphatic rings. The maximum Gasteiger partial charge on any atom is 0.265 e. The highest BCUT2D eigenvalue weighted by molar-refractivity contribution is 7.92. The van der Waals surface area contributed by atoms with Gasteiger partial charge in [-0.1, -0.05) is 41.2 Å². The van der Waals surface area contributed by atoms with Crippen LogP contribution in [0, 0.1) is 6.92 Å². The SMILES string of the molecule is COc1ccc(OC)c(N(CC(=O)Nc2nnc(-c3ccc(C)cc3)s2)S(=O)(=O)c2ccc(OC)c(OC)c2)c1. The average molecular weight is 585 g/mol. The zero-order chi connectivity index (χ0) is 28.9. The van der Waals surface area contributed by atoms with Crippen LogP contribution < -0.4 is 28.6 Å². The largest absolute Gasteiger partial charge is 0.497 e. The lowest BCUT2D eigenvalue weighted by atomic mass is 10.2. The molecule has 1 heterocycles. The minimum atomic E-state index is -4.33. The lowest BCUT2D eigenvalue weighted by Crippen LogP contribution is -2.38. The summed E-state index contributed by atoms with van der Waals surface area (Å²) in [6.45, 7) is 1.38. The number of hydrogen-bond donors (Lipinski definition) is 1. The first-order valence-corrected chi connectivity index (χ1v) is 14.1. The average Bonchev–Trinajstić information content (AvgIpc) is 3.43. The van der Waals surface area contributed by atoms with Crippen LogP contribution in [0.25, 0.3) is 10.6 Å². The molecule has 210 valence electrons. The highest BCUT2D eigenvalue weighted by Crippen LogP contribution is 2.37. The molecule has 0 spiro atoms. The van der Waals surface area contributed by atoms with Crippen LogP contribution in [0.15, 0.2) is 65.6 Å². The Labute approximate surface area is 236 Å². The standard InChI is InChI=1S/C27H28N4O7S2/c1-17-6-8-18(9-7-17)26-29-30-27(39-26)28-25(32)16-31(21-14-19(35-2)10-12-22(21)36-3)40(33,34)20-11-13-23(37-4)24(15-20)38-5/h6-15H,16H2,1-5H3,(H,28,30,32). The van der Waals surface area contributed by atoms with Gasteiger partial charge in [0.2, 0.25) is 11.0 Å². The van der Waals surface area contributed by atoms with Crippen molar-refractivity contribution in [2.24, 2.45) is 0 Å². The first-order valence-electron chi connectivity index (χ1n) is 11.9. The van der Waals surface area contributed by atoms with E-state index in [1.54, 1.807) is 12.1 Å². The van der Waals surface area contributed by atoms with Crippen LogP contribution in [-0.4, -0.2) is 59.5 Å². The lowest BCUT2D eigenvalue weighted by Gasteiger charge is -2.26. The first kappa shape index (κ1) is 28.6. The minimum Gasteiger partial charge on any atom is -0.497 e. The quantitative estimate of drug-likeness (QED) is 0.273. The Hall–Kier alpha value is -4.36. The predicted molar refractivity (Wildman–Crippen MR) is 152 cm³/mol. The number of sulfonamides is 1. The van der Waals surface area contributed by atoms with Crippen molar-refractivity contribution in [2.45, 2.75) is 11.8 Å². The van der Waals surface area contributed by atoms with E-state index in [9.17, 15) is 13.2 Å². The summed E-state index contributed by atoms with van der Waals surface area (Å²) >= 11 is 1.17. The molecule has 0 fully saturated rings. The number of aromatic nitrogens is 2. The highest BCUT2D eigenvalue weighted by atomic mass is 32.2. The molecular formula is C27H28N4O7S2. The van der Waals surface area contributed by atoms with Gasteiger partial charge >= 0.3 is 0 Å². The normalized spacial score (nSPS) is 11.0. The van der Waals surface area contributed by atoms with E-state index >= 15 is 0 Å². The van der Waals surface area contributed by atoms with E-state index in [0.717, 1.165) is 15.4 Å². The maximum atomic E-state index is 14.0. The maximum absolute atomic E-state index is 14.0. The summed E-state index contributed by atoms with van der Waals surface area (Å²) < 4.78 is 50.2. The van der Waals surface area contributed by atoms with Gasteiger partial charge in [-0.3, -0.25) is 14.4 Å². The van der Waals surface area contributed by atoms with E-state index in [-0.39, 0.29) is 27.2 Å². The fourth-order valence-electron chi connectivity index (χ4n) is 3.77. The Morgan fingerprint density at radius 2 is 1.52 bits per heavy atom. The second kappa shape index (κ2) is 12.2. The van der Waals surface area contributed by atoms with Crippen molar-refractivity contribution in [1.29, 1.82) is 0 Å². The third kappa shape index (κ3) is 6.10. The number of benzene rings is 3. The molecule has 1 aromatic heterocycles. The van der Waals surface area contributed by atoms with Crippen molar-refractivity contribution >= 4 is 38.1 Å². The van der Waals surface area contributed by atoms with E-state index < -0.39 is 22.5 Å². The predicted octanol–water partition coefficient (Wildman–Crippen LogP) is 4.38. The molecule has 0 aliphatic carbocycles. The number of carbonyl (C=O) groups excluding carboxylic acids is 1. The smallest absolute Gasteiger partial charge is 0.265 e. The number of nitrogens with one attached hydrogen (secondary N) is 1. The highest BCUT2D eigenvalue weighted by Gasteiger charge is 2.31. The molecule has 13 heteroatoms. The molecule has 3 aromatic carbocycles. The number of methoxy groups -OCH3 is 4. The van der Waals surface area contributed by atoms with Gasteiger partial charge in [-0.2, -0.15) is 0 Å². The van der Waals surface area contributed by atoms with Gasteiger partial charge in [0.05, 0.1) is 39.0 Å². The summed E-state index contributed by atoms with van der Waals surface area (Å²) in [7, 11) is 1.37. The van der Waals surface area contributed by atoms with Crippen LogP contribution in [0.4, 0.5) is 10.8 Å². The lowest BCUT2D eigenvalue weighted by molar-refractivity contribution is -0.114. The number of carbonyl (C=O) groups is 1. The molecule has 0 unspecified atom stereocenters. The number of aryl methyl sites for hydroxylation is 1. The zero-order valence-electron chi connectivity index (χ0n) is 22.5. The van der Waals surface area contributed by atoms with Crippen molar-refractivity contribution in [2.75, 3.05) is 44.6 Å². The fourth-order valence-corrected chi connectivity index (χ4v) is 5.98. The van der Waals surface area contributed by atoms with E-state index in [0.29, 0.717) is 16.5 Å². The van der Waals surface area contributed by atoms with Gasteiger partial charge in [-0.05, 0) is 31.2 Å². The molecule has 1 N–H and O–H groups in total. The second-order valence-electron chi connectivity index (χ2n) is 8.39. The Balaban J connectivity index is 1.70. The Morgan fingerprint density at radius 1 is 0.850 bits per heavy atom. The summed E-state index contributed by atoms with van der Waals surface area (Å²) in [4.78, 5) is 13.1. The van der Waals surface area contributed by atoms with Gasteiger partial charge in [0.25, 0.3) is 10.0 Å². The van der Waals surface area contributed by atoms with Crippen LogP contribution in [0.3, 0.4) is 0 Å². The number of amides is 1. The molecule has 11 nitrogen and oxygen atoms in total. The number of nitrogens with zero attached hydrogens (tertiary/aromatic N) is 3. The first-order chi connectivity index (χ1) is 19.2. The van der Waals surface area contributed by atoms with Gasteiger partial charge in [-0.25, -0.2) is 8.42 Å². The Kier molecular flexibility index (Phi) is 8.75. The molecule has 0 aliphatic heterocycles. The molecule has 0 bridgehead atoms. The number of hydrogen-bond acceptors (Lipinski definition) is 10. The molecule has 0 saturated carbocycles. The fraction of sp³-hybridized carbons (Fsp3) is 0.222. The zero-order valence-corrected chi connectivity index (χ0v) is 24.1. The van der Waals surface area contributed by atoms with Gasteiger partial charge in [0.1, 0.15) is 23.1 Å². The Morgan fingerprint density at radius 3 is 2.17 bits per heavy atom.